The molecule has 3 aromatic rings. The van der Waals surface area contributed by atoms with E-state index in [4.69, 9.17) is 4.98 Å². The molecule has 0 radical (unpaired) electrons. The Morgan fingerprint density at radius 1 is 1.27 bits per heavy atom. The minimum atomic E-state index is -0.212. The summed E-state index contributed by atoms with van der Waals surface area (Å²) in [5.41, 5.74) is 2.07. The minimum Gasteiger partial charge on any atom is -0.325 e. The van der Waals surface area contributed by atoms with Crippen molar-refractivity contribution >= 4 is 50.7 Å². The van der Waals surface area contributed by atoms with Gasteiger partial charge in [0.1, 0.15) is 4.83 Å². The maximum atomic E-state index is 13.1. The highest BCUT2D eigenvalue weighted by molar-refractivity contribution is 7.99. The Labute approximate surface area is 183 Å². The first-order chi connectivity index (χ1) is 14.3. The van der Waals surface area contributed by atoms with Crippen molar-refractivity contribution in [3.8, 4) is 0 Å². The summed E-state index contributed by atoms with van der Waals surface area (Å²) in [6.07, 6.45) is 1.83. The number of carbonyl (C=O) groups is 2. The van der Waals surface area contributed by atoms with Gasteiger partial charge in [0, 0.05) is 22.7 Å². The second kappa shape index (κ2) is 9.57. The Morgan fingerprint density at radius 3 is 2.73 bits per heavy atom. The van der Waals surface area contributed by atoms with Crippen molar-refractivity contribution in [3.63, 3.8) is 0 Å². The van der Waals surface area contributed by atoms with Crippen LogP contribution in [0, 0.1) is 13.8 Å². The van der Waals surface area contributed by atoms with E-state index in [0.717, 1.165) is 28.1 Å². The average Bonchev–Trinajstić information content (AvgIpc) is 2.99. The van der Waals surface area contributed by atoms with Gasteiger partial charge in [-0.15, -0.1) is 11.3 Å². The molecule has 0 aliphatic carbocycles. The number of rotatable bonds is 8. The molecule has 0 saturated heterocycles. The normalized spacial score (nSPS) is 11.1. The molecule has 3 rings (SSSR count). The van der Waals surface area contributed by atoms with Gasteiger partial charge in [0.2, 0.25) is 5.91 Å². The molecule has 1 N–H and O–H groups in total. The van der Waals surface area contributed by atoms with Crippen LogP contribution in [0.2, 0.25) is 0 Å². The number of thioether (sulfide) groups is 1. The van der Waals surface area contributed by atoms with Gasteiger partial charge in [0.25, 0.3) is 5.56 Å². The molecule has 8 heteroatoms. The number of hydrogen-bond acceptors (Lipinski definition) is 6. The van der Waals surface area contributed by atoms with Crippen LogP contribution in [0.25, 0.3) is 10.2 Å². The Hall–Kier alpha value is -2.45. The van der Waals surface area contributed by atoms with Crippen LogP contribution < -0.4 is 10.9 Å². The first kappa shape index (κ1) is 22.2. The first-order valence-corrected chi connectivity index (χ1v) is 11.7. The van der Waals surface area contributed by atoms with Crippen LogP contribution >= 0.6 is 23.1 Å². The summed E-state index contributed by atoms with van der Waals surface area (Å²) in [6.45, 7) is 8.09. The minimum absolute atomic E-state index is 0.0348. The molecule has 1 amide bonds. The van der Waals surface area contributed by atoms with Crippen LogP contribution in [-0.4, -0.2) is 27.0 Å². The van der Waals surface area contributed by atoms with Crippen LogP contribution in [0.15, 0.2) is 34.2 Å². The van der Waals surface area contributed by atoms with Crippen LogP contribution in [0.3, 0.4) is 0 Å². The Bertz CT molecular complexity index is 1160. The molecule has 0 fully saturated rings. The third-order valence-corrected chi connectivity index (χ3v) is 6.95. The lowest BCUT2D eigenvalue weighted by Crippen LogP contribution is -2.24. The monoisotopic (exact) mass is 443 g/mol. The van der Waals surface area contributed by atoms with Gasteiger partial charge in [-0.2, -0.15) is 0 Å². The van der Waals surface area contributed by atoms with E-state index in [9.17, 15) is 14.4 Å². The first-order valence-electron chi connectivity index (χ1n) is 9.86. The third-order valence-electron chi connectivity index (χ3n) is 4.87. The molecule has 0 bridgehead atoms. The van der Waals surface area contributed by atoms with E-state index in [1.165, 1.54) is 30.0 Å². The quantitative estimate of drug-likeness (QED) is 0.307. The Kier molecular flexibility index (Phi) is 7.10. The molecule has 30 heavy (non-hydrogen) atoms. The van der Waals surface area contributed by atoms with Gasteiger partial charge in [-0.05, 0) is 44.9 Å². The number of Topliss-reactive ketones (excluding diaryl/α,β-unsaturated/α-hetero) is 1. The summed E-state index contributed by atoms with van der Waals surface area (Å²) in [6, 6.07) is 6.85. The summed E-state index contributed by atoms with van der Waals surface area (Å²) >= 11 is 2.77. The second-order valence-corrected chi connectivity index (χ2v) is 9.29. The lowest BCUT2D eigenvalue weighted by Gasteiger charge is -2.12. The average molecular weight is 444 g/mol. The van der Waals surface area contributed by atoms with E-state index < -0.39 is 0 Å². The summed E-state index contributed by atoms with van der Waals surface area (Å²) in [5.74, 6) is -0.146. The largest absolute Gasteiger partial charge is 0.325 e. The van der Waals surface area contributed by atoms with Crippen molar-refractivity contribution in [1.29, 1.82) is 0 Å². The zero-order valence-electron chi connectivity index (χ0n) is 17.6. The fourth-order valence-electron chi connectivity index (χ4n) is 3.08. The number of anilines is 1. The summed E-state index contributed by atoms with van der Waals surface area (Å²) in [7, 11) is 0. The number of aromatic nitrogens is 2. The molecule has 0 aliphatic heterocycles. The molecular formula is C22H25N3O3S2. The molecule has 0 unspecified atom stereocenters. The highest BCUT2D eigenvalue weighted by Crippen LogP contribution is 2.28. The fraction of sp³-hybridized carbons (Fsp3) is 0.364. The van der Waals surface area contributed by atoms with Gasteiger partial charge in [-0.25, -0.2) is 4.98 Å². The zero-order chi connectivity index (χ0) is 21.8. The lowest BCUT2D eigenvalue weighted by atomic mass is 10.1. The molecule has 0 spiro atoms. The van der Waals surface area contributed by atoms with Crippen molar-refractivity contribution in [2.45, 2.75) is 52.2 Å². The molecule has 2 heterocycles. The molecule has 0 saturated carbocycles. The third kappa shape index (κ3) is 4.82. The Balaban J connectivity index is 1.82. The molecular weight excluding hydrogens is 418 g/mol. The highest BCUT2D eigenvalue weighted by Gasteiger charge is 2.17. The Morgan fingerprint density at radius 2 is 2.03 bits per heavy atom. The smallest absolute Gasteiger partial charge is 0.263 e. The van der Waals surface area contributed by atoms with Crippen molar-refractivity contribution in [2.75, 3.05) is 11.1 Å². The molecule has 0 aliphatic rings. The van der Waals surface area contributed by atoms with Crippen LogP contribution in [0.4, 0.5) is 5.69 Å². The number of carbonyl (C=O) groups excluding carboxylic acids is 2. The summed E-state index contributed by atoms with van der Waals surface area (Å²) in [5, 5.41) is 4.06. The number of amides is 1. The van der Waals surface area contributed by atoms with Crippen molar-refractivity contribution < 1.29 is 9.59 Å². The fourth-order valence-corrected chi connectivity index (χ4v) is 4.97. The SMILES string of the molecule is CCCCn1c(SCC(=O)Nc2cccc(C(C)=O)c2)nc2sc(C)c(C)c2c1=O. The van der Waals surface area contributed by atoms with E-state index in [1.54, 1.807) is 28.8 Å². The van der Waals surface area contributed by atoms with Crippen molar-refractivity contribution in [3.05, 3.63) is 50.6 Å². The van der Waals surface area contributed by atoms with Crippen molar-refractivity contribution in [1.82, 2.24) is 9.55 Å². The lowest BCUT2D eigenvalue weighted by molar-refractivity contribution is -0.113. The zero-order valence-corrected chi connectivity index (χ0v) is 19.2. The van der Waals surface area contributed by atoms with E-state index in [-0.39, 0.29) is 23.0 Å². The van der Waals surface area contributed by atoms with E-state index in [1.807, 2.05) is 13.8 Å². The maximum Gasteiger partial charge on any atom is 0.263 e. The molecule has 2 aromatic heterocycles. The van der Waals surface area contributed by atoms with Crippen LogP contribution in [0.1, 0.15) is 47.5 Å². The number of hydrogen-bond donors (Lipinski definition) is 1. The topological polar surface area (TPSA) is 81.1 Å². The number of thiophene rings is 1. The number of aryl methyl sites for hydroxylation is 2. The summed E-state index contributed by atoms with van der Waals surface area (Å²) < 4.78 is 1.69. The molecule has 158 valence electrons. The number of nitrogens with one attached hydrogen (secondary N) is 1. The highest BCUT2D eigenvalue weighted by atomic mass is 32.2. The van der Waals surface area contributed by atoms with Gasteiger partial charge in [-0.1, -0.05) is 37.2 Å². The van der Waals surface area contributed by atoms with Gasteiger partial charge < -0.3 is 5.32 Å². The number of benzene rings is 1. The standard InChI is InChI=1S/C22H25N3O3S2/c1-5-6-10-25-21(28)19-13(2)15(4)30-20(19)24-22(25)29-12-18(27)23-17-9-7-8-16(11-17)14(3)26/h7-9,11H,5-6,10,12H2,1-4H3,(H,23,27). The van der Waals surface area contributed by atoms with Crippen LogP contribution in [0.5, 0.6) is 0 Å². The number of ketones is 1. The molecule has 1 aromatic carbocycles. The van der Waals surface area contributed by atoms with Crippen LogP contribution in [-0.2, 0) is 11.3 Å². The van der Waals surface area contributed by atoms with E-state index >= 15 is 0 Å². The number of unbranched alkanes of at least 4 members (excludes halogenated alkanes) is 1. The van der Waals surface area contributed by atoms with Gasteiger partial charge in [0.15, 0.2) is 10.9 Å². The van der Waals surface area contributed by atoms with E-state index in [0.29, 0.717) is 28.3 Å². The predicted octanol–water partition coefficient (Wildman–Crippen LogP) is 4.81. The maximum absolute atomic E-state index is 13.1. The van der Waals surface area contributed by atoms with Gasteiger partial charge >= 0.3 is 0 Å². The van der Waals surface area contributed by atoms with Gasteiger partial charge in [-0.3, -0.25) is 19.0 Å². The molecule has 0 atom stereocenters. The van der Waals surface area contributed by atoms with E-state index in [2.05, 4.69) is 12.2 Å². The number of fused-ring (bicyclic) bond motifs is 1. The molecule has 6 nitrogen and oxygen atoms in total. The van der Waals surface area contributed by atoms with Gasteiger partial charge in [0.05, 0.1) is 11.1 Å². The second-order valence-electron chi connectivity index (χ2n) is 7.14. The number of nitrogens with zero attached hydrogens (tertiary/aromatic N) is 2. The van der Waals surface area contributed by atoms with Crippen molar-refractivity contribution in [2.24, 2.45) is 0 Å². The summed E-state index contributed by atoms with van der Waals surface area (Å²) in [4.78, 5) is 43.6. The predicted molar refractivity (Wildman–Crippen MR) is 124 cm³/mol.